The molecule has 0 spiro atoms. The van der Waals surface area contributed by atoms with Crippen LogP contribution in [0.2, 0.25) is 0 Å². The highest BCUT2D eigenvalue weighted by atomic mass is 16.2. The summed E-state index contributed by atoms with van der Waals surface area (Å²) in [4.78, 5) is 12.1. The van der Waals surface area contributed by atoms with Gasteiger partial charge in [-0.2, -0.15) is 5.10 Å². The zero-order valence-electron chi connectivity index (χ0n) is 9.33. The Bertz CT molecular complexity index is 341. The Morgan fingerprint density at radius 3 is 2.88 bits per heavy atom. The molecule has 0 aliphatic heterocycles. The van der Waals surface area contributed by atoms with E-state index in [1.165, 1.54) is 0 Å². The summed E-state index contributed by atoms with van der Waals surface area (Å²) in [6.45, 7) is 0.947. The molecule has 4 N–H and O–H groups in total. The average Bonchev–Trinajstić information content (AvgIpc) is 2.97. The molecule has 0 atom stereocenters. The van der Waals surface area contributed by atoms with E-state index in [0.29, 0.717) is 13.1 Å². The van der Waals surface area contributed by atoms with Gasteiger partial charge in [0.25, 0.3) is 0 Å². The Kier molecular flexibility index (Phi) is 3.24. The number of nitrogens with one attached hydrogen (secondary N) is 2. The molecule has 5 heteroatoms. The van der Waals surface area contributed by atoms with Gasteiger partial charge in [-0.25, -0.2) is 0 Å². The smallest absolute Gasteiger partial charge is 0.227 e. The van der Waals surface area contributed by atoms with Crippen LogP contribution in [-0.4, -0.2) is 22.6 Å². The summed E-state index contributed by atoms with van der Waals surface area (Å²) in [5.74, 6) is 0.0853. The summed E-state index contributed by atoms with van der Waals surface area (Å²) in [5, 5.41) is 9.58. The molecule has 5 nitrogen and oxygen atoms in total. The third-order valence-electron chi connectivity index (χ3n) is 3.43. The van der Waals surface area contributed by atoms with Crippen molar-refractivity contribution in [1.82, 2.24) is 15.5 Å². The van der Waals surface area contributed by atoms with E-state index >= 15 is 0 Å². The predicted molar refractivity (Wildman–Crippen MR) is 60.4 cm³/mol. The number of nitrogens with two attached hydrogens (primary N) is 1. The minimum absolute atomic E-state index is 0.0853. The summed E-state index contributed by atoms with van der Waals surface area (Å²) in [7, 11) is 0. The molecule has 1 aromatic rings. The molecule has 1 amide bonds. The maximum absolute atomic E-state index is 12.1. The van der Waals surface area contributed by atoms with Crippen molar-refractivity contribution in [2.45, 2.75) is 32.2 Å². The highest BCUT2D eigenvalue weighted by Gasteiger charge is 2.39. The first kappa shape index (κ1) is 11.1. The van der Waals surface area contributed by atoms with Crippen molar-refractivity contribution in [2.75, 3.05) is 6.54 Å². The van der Waals surface area contributed by atoms with Gasteiger partial charge in [0.1, 0.15) is 0 Å². The number of aromatic amines is 1. The summed E-state index contributed by atoms with van der Waals surface area (Å²) in [6, 6.07) is 1.85. The lowest BCUT2D eigenvalue weighted by Gasteiger charge is -2.25. The third kappa shape index (κ3) is 2.09. The van der Waals surface area contributed by atoms with Crippen LogP contribution in [0, 0.1) is 5.41 Å². The van der Waals surface area contributed by atoms with Crippen molar-refractivity contribution in [3.63, 3.8) is 0 Å². The number of nitrogens with zero attached hydrogens (tertiary/aromatic N) is 1. The Morgan fingerprint density at radius 1 is 1.56 bits per heavy atom. The molecule has 1 saturated carbocycles. The highest BCUT2D eigenvalue weighted by molar-refractivity contribution is 5.83. The van der Waals surface area contributed by atoms with Crippen LogP contribution in [0.3, 0.4) is 0 Å². The largest absolute Gasteiger partial charge is 0.350 e. The van der Waals surface area contributed by atoms with Gasteiger partial charge < -0.3 is 11.1 Å². The van der Waals surface area contributed by atoms with Crippen LogP contribution in [0.25, 0.3) is 0 Å². The molecular weight excluding hydrogens is 204 g/mol. The molecule has 1 fully saturated rings. The molecule has 1 aliphatic carbocycles. The second-order valence-electron chi connectivity index (χ2n) is 4.46. The summed E-state index contributed by atoms with van der Waals surface area (Å²) in [6.07, 6.45) is 5.72. The van der Waals surface area contributed by atoms with Gasteiger partial charge in [-0.1, -0.05) is 12.8 Å². The second kappa shape index (κ2) is 4.65. The topological polar surface area (TPSA) is 83.8 Å². The molecule has 0 radical (unpaired) electrons. The first-order chi connectivity index (χ1) is 7.77. The summed E-state index contributed by atoms with van der Waals surface area (Å²) < 4.78 is 0. The zero-order valence-corrected chi connectivity index (χ0v) is 9.33. The Hall–Kier alpha value is -1.36. The minimum Gasteiger partial charge on any atom is -0.350 e. The molecule has 0 aromatic carbocycles. The van der Waals surface area contributed by atoms with E-state index < -0.39 is 0 Å². The second-order valence-corrected chi connectivity index (χ2v) is 4.46. The molecule has 1 aromatic heterocycles. The van der Waals surface area contributed by atoms with Crippen LogP contribution >= 0.6 is 0 Å². The fraction of sp³-hybridized carbons (Fsp3) is 0.636. The van der Waals surface area contributed by atoms with Gasteiger partial charge in [-0.15, -0.1) is 0 Å². The van der Waals surface area contributed by atoms with Crippen molar-refractivity contribution in [2.24, 2.45) is 11.1 Å². The SMILES string of the molecule is NCC1(C(=O)NCc2ccn[nH]2)CCCC1. The van der Waals surface area contributed by atoms with Crippen LogP contribution in [0.1, 0.15) is 31.4 Å². The van der Waals surface area contributed by atoms with Gasteiger partial charge in [0.2, 0.25) is 5.91 Å². The van der Waals surface area contributed by atoms with Crippen molar-refractivity contribution >= 4 is 5.91 Å². The van der Waals surface area contributed by atoms with E-state index in [1.807, 2.05) is 6.07 Å². The van der Waals surface area contributed by atoms with Crippen molar-refractivity contribution in [3.05, 3.63) is 18.0 Å². The third-order valence-corrected chi connectivity index (χ3v) is 3.43. The summed E-state index contributed by atoms with van der Waals surface area (Å²) >= 11 is 0. The van der Waals surface area contributed by atoms with Gasteiger partial charge >= 0.3 is 0 Å². The number of aromatic nitrogens is 2. The van der Waals surface area contributed by atoms with E-state index in [0.717, 1.165) is 31.4 Å². The van der Waals surface area contributed by atoms with E-state index in [9.17, 15) is 4.79 Å². The molecule has 2 rings (SSSR count). The normalized spacial score (nSPS) is 18.6. The fourth-order valence-electron chi connectivity index (χ4n) is 2.32. The van der Waals surface area contributed by atoms with Crippen LogP contribution < -0.4 is 11.1 Å². The lowest BCUT2D eigenvalue weighted by atomic mass is 9.85. The molecule has 16 heavy (non-hydrogen) atoms. The predicted octanol–water partition coefficient (Wildman–Crippen LogP) is 0.545. The Labute approximate surface area is 94.8 Å². The van der Waals surface area contributed by atoms with Crippen LogP contribution in [0.5, 0.6) is 0 Å². The molecule has 1 heterocycles. The first-order valence-corrected chi connectivity index (χ1v) is 5.73. The maximum atomic E-state index is 12.1. The quantitative estimate of drug-likeness (QED) is 0.695. The lowest BCUT2D eigenvalue weighted by Crippen LogP contribution is -2.43. The van der Waals surface area contributed by atoms with Gasteiger partial charge in [-0.3, -0.25) is 9.89 Å². The minimum atomic E-state index is -0.319. The number of hydrogen-bond donors (Lipinski definition) is 3. The molecule has 1 aliphatic rings. The Balaban J connectivity index is 1.91. The number of H-pyrrole nitrogens is 1. The van der Waals surface area contributed by atoms with Gasteiger partial charge in [0.15, 0.2) is 0 Å². The first-order valence-electron chi connectivity index (χ1n) is 5.73. The van der Waals surface area contributed by atoms with Crippen molar-refractivity contribution < 1.29 is 4.79 Å². The van der Waals surface area contributed by atoms with Crippen LogP contribution in [0.4, 0.5) is 0 Å². The molecule has 0 bridgehead atoms. The number of rotatable bonds is 4. The highest BCUT2D eigenvalue weighted by Crippen LogP contribution is 2.37. The van der Waals surface area contributed by atoms with Gasteiger partial charge in [0, 0.05) is 12.7 Å². The standard InChI is InChI=1S/C11H18N4O/c12-8-11(4-1-2-5-11)10(16)13-7-9-3-6-14-15-9/h3,6H,1-2,4-5,7-8,12H2,(H,13,16)(H,14,15). The van der Waals surface area contributed by atoms with Crippen LogP contribution in [0.15, 0.2) is 12.3 Å². The average molecular weight is 222 g/mol. The van der Waals surface area contributed by atoms with Crippen molar-refractivity contribution in [3.8, 4) is 0 Å². The molecule has 0 saturated heterocycles. The van der Waals surface area contributed by atoms with E-state index in [1.54, 1.807) is 6.20 Å². The maximum Gasteiger partial charge on any atom is 0.227 e. The van der Waals surface area contributed by atoms with E-state index in [-0.39, 0.29) is 11.3 Å². The van der Waals surface area contributed by atoms with Gasteiger partial charge in [0.05, 0.1) is 17.7 Å². The fourth-order valence-corrected chi connectivity index (χ4v) is 2.32. The monoisotopic (exact) mass is 222 g/mol. The summed E-state index contributed by atoms with van der Waals surface area (Å²) in [5.41, 5.74) is 6.33. The van der Waals surface area contributed by atoms with Gasteiger partial charge in [-0.05, 0) is 18.9 Å². The Morgan fingerprint density at radius 2 is 2.31 bits per heavy atom. The molecule has 0 unspecified atom stereocenters. The lowest BCUT2D eigenvalue weighted by molar-refractivity contribution is -0.130. The number of carbonyl (C=O) groups is 1. The van der Waals surface area contributed by atoms with E-state index in [4.69, 9.17) is 5.73 Å². The van der Waals surface area contributed by atoms with E-state index in [2.05, 4.69) is 15.5 Å². The zero-order chi connectivity index (χ0) is 11.4. The number of carbonyl (C=O) groups excluding carboxylic acids is 1. The molecular formula is C11H18N4O. The molecule has 88 valence electrons. The number of amides is 1. The number of hydrogen-bond acceptors (Lipinski definition) is 3. The van der Waals surface area contributed by atoms with Crippen LogP contribution in [-0.2, 0) is 11.3 Å². The van der Waals surface area contributed by atoms with Crippen molar-refractivity contribution in [1.29, 1.82) is 0 Å².